The highest BCUT2D eigenvalue weighted by atomic mass is 32.2. The lowest BCUT2D eigenvalue weighted by molar-refractivity contribution is 0.278. The maximum Gasteiger partial charge on any atom is 0.241 e. The van der Waals surface area contributed by atoms with E-state index in [9.17, 15) is 12.8 Å². The first-order valence-corrected chi connectivity index (χ1v) is 7.90. The van der Waals surface area contributed by atoms with Crippen LogP contribution in [0.2, 0.25) is 0 Å². The van der Waals surface area contributed by atoms with Crippen molar-refractivity contribution in [1.82, 2.24) is 4.72 Å². The summed E-state index contributed by atoms with van der Waals surface area (Å²) in [4.78, 5) is -0.179. The van der Waals surface area contributed by atoms with Gasteiger partial charge in [0.2, 0.25) is 10.0 Å². The predicted molar refractivity (Wildman–Crippen MR) is 69.5 cm³/mol. The van der Waals surface area contributed by atoms with E-state index in [-0.39, 0.29) is 10.5 Å². The quantitative estimate of drug-likeness (QED) is 0.751. The van der Waals surface area contributed by atoms with Gasteiger partial charge in [0.15, 0.2) is 0 Å². The SMILES string of the molecule is O=S(=O)(NCCCC1CC1)c1cc(F)ccc1CO. The van der Waals surface area contributed by atoms with Crippen LogP contribution in [0.15, 0.2) is 23.1 Å². The lowest BCUT2D eigenvalue weighted by Gasteiger charge is -2.10. The van der Waals surface area contributed by atoms with Crippen LogP contribution >= 0.6 is 0 Å². The molecule has 0 aliphatic heterocycles. The molecule has 0 radical (unpaired) electrons. The summed E-state index contributed by atoms with van der Waals surface area (Å²) in [6, 6.07) is 3.36. The van der Waals surface area contributed by atoms with E-state index < -0.39 is 22.4 Å². The summed E-state index contributed by atoms with van der Waals surface area (Å²) >= 11 is 0. The second kappa shape index (κ2) is 5.98. The number of hydrogen-bond donors (Lipinski definition) is 2. The van der Waals surface area contributed by atoms with Gasteiger partial charge < -0.3 is 5.11 Å². The predicted octanol–water partition coefficient (Wildman–Crippen LogP) is 1.79. The van der Waals surface area contributed by atoms with Gasteiger partial charge in [-0.1, -0.05) is 18.9 Å². The average Bonchev–Trinajstić information content (AvgIpc) is 3.19. The van der Waals surface area contributed by atoms with Crippen molar-refractivity contribution in [2.24, 2.45) is 5.92 Å². The minimum atomic E-state index is -3.75. The van der Waals surface area contributed by atoms with Crippen molar-refractivity contribution in [3.63, 3.8) is 0 Å². The highest BCUT2D eigenvalue weighted by Crippen LogP contribution is 2.33. The number of hydrogen-bond acceptors (Lipinski definition) is 3. The lowest BCUT2D eigenvalue weighted by Crippen LogP contribution is -2.26. The molecule has 4 nitrogen and oxygen atoms in total. The number of rotatable bonds is 7. The lowest BCUT2D eigenvalue weighted by atomic mass is 10.2. The van der Waals surface area contributed by atoms with Gasteiger partial charge in [-0.05, 0) is 36.5 Å². The van der Waals surface area contributed by atoms with Crippen LogP contribution in [0.4, 0.5) is 4.39 Å². The third-order valence-electron chi connectivity index (χ3n) is 3.27. The van der Waals surface area contributed by atoms with Crippen LogP contribution in [0.25, 0.3) is 0 Å². The van der Waals surface area contributed by atoms with Gasteiger partial charge in [-0.15, -0.1) is 0 Å². The van der Waals surface area contributed by atoms with Gasteiger partial charge in [-0.25, -0.2) is 17.5 Å². The first-order valence-electron chi connectivity index (χ1n) is 6.42. The molecule has 19 heavy (non-hydrogen) atoms. The third kappa shape index (κ3) is 3.99. The number of nitrogens with one attached hydrogen (secondary N) is 1. The molecule has 106 valence electrons. The molecule has 0 bridgehead atoms. The highest BCUT2D eigenvalue weighted by molar-refractivity contribution is 7.89. The zero-order valence-electron chi connectivity index (χ0n) is 10.6. The van der Waals surface area contributed by atoms with E-state index in [2.05, 4.69) is 4.72 Å². The maximum atomic E-state index is 13.1. The zero-order chi connectivity index (χ0) is 13.9. The van der Waals surface area contributed by atoms with Crippen molar-refractivity contribution >= 4 is 10.0 Å². The molecule has 1 aliphatic carbocycles. The van der Waals surface area contributed by atoms with Crippen LogP contribution in [0.3, 0.4) is 0 Å². The first kappa shape index (κ1) is 14.4. The molecule has 2 rings (SSSR count). The second-order valence-electron chi connectivity index (χ2n) is 4.89. The highest BCUT2D eigenvalue weighted by Gasteiger charge is 2.22. The molecular weight excluding hydrogens is 269 g/mol. The van der Waals surface area contributed by atoms with E-state index in [0.717, 1.165) is 30.9 Å². The normalized spacial score (nSPS) is 15.7. The summed E-state index contributed by atoms with van der Waals surface area (Å²) in [5.41, 5.74) is 0.205. The molecule has 1 saturated carbocycles. The van der Waals surface area contributed by atoms with E-state index in [1.165, 1.54) is 18.9 Å². The van der Waals surface area contributed by atoms with Crippen LogP contribution in [-0.4, -0.2) is 20.1 Å². The second-order valence-corrected chi connectivity index (χ2v) is 6.63. The zero-order valence-corrected chi connectivity index (χ0v) is 11.4. The van der Waals surface area contributed by atoms with Crippen molar-refractivity contribution < 1.29 is 17.9 Å². The Balaban J connectivity index is 2.02. The molecule has 0 unspecified atom stereocenters. The molecule has 0 aromatic heterocycles. The summed E-state index contributed by atoms with van der Waals surface area (Å²) < 4.78 is 39.7. The summed E-state index contributed by atoms with van der Waals surface area (Å²) in [7, 11) is -3.75. The van der Waals surface area contributed by atoms with Gasteiger partial charge >= 0.3 is 0 Å². The molecule has 6 heteroatoms. The van der Waals surface area contributed by atoms with Crippen molar-refractivity contribution in [1.29, 1.82) is 0 Å². The van der Waals surface area contributed by atoms with Gasteiger partial charge in [0.05, 0.1) is 11.5 Å². The maximum absolute atomic E-state index is 13.1. The monoisotopic (exact) mass is 287 g/mol. The third-order valence-corrected chi connectivity index (χ3v) is 4.81. The van der Waals surface area contributed by atoms with Gasteiger partial charge in [0.25, 0.3) is 0 Å². The fourth-order valence-electron chi connectivity index (χ4n) is 1.99. The topological polar surface area (TPSA) is 66.4 Å². The Labute approximate surface area is 112 Å². The van der Waals surface area contributed by atoms with Crippen LogP contribution < -0.4 is 4.72 Å². The van der Waals surface area contributed by atoms with E-state index in [0.29, 0.717) is 6.54 Å². The number of aliphatic hydroxyl groups excluding tert-OH is 1. The Morgan fingerprint density at radius 3 is 2.74 bits per heavy atom. The van der Waals surface area contributed by atoms with Crippen molar-refractivity contribution in [2.75, 3.05) is 6.54 Å². The summed E-state index contributed by atoms with van der Waals surface area (Å²) in [6.45, 7) is -0.0845. The molecule has 1 aromatic rings. The number of sulfonamides is 1. The van der Waals surface area contributed by atoms with Crippen LogP contribution in [0, 0.1) is 11.7 Å². The van der Waals surface area contributed by atoms with E-state index in [1.54, 1.807) is 0 Å². The molecule has 0 saturated heterocycles. The molecule has 0 amide bonds. The number of aliphatic hydroxyl groups is 1. The molecule has 1 fully saturated rings. The van der Waals surface area contributed by atoms with Gasteiger partial charge in [0, 0.05) is 6.54 Å². The van der Waals surface area contributed by atoms with Gasteiger partial charge in [-0.3, -0.25) is 0 Å². The van der Waals surface area contributed by atoms with Crippen LogP contribution in [-0.2, 0) is 16.6 Å². The minimum absolute atomic E-state index is 0.179. The van der Waals surface area contributed by atoms with Gasteiger partial charge in [0.1, 0.15) is 5.82 Å². The summed E-state index contributed by atoms with van der Waals surface area (Å²) in [5.74, 6) is 0.127. The Hall–Kier alpha value is -0.980. The molecule has 0 heterocycles. The smallest absolute Gasteiger partial charge is 0.241 e. The Bertz CT molecular complexity index is 541. The number of halogens is 1. The van der Waals surface area contributed by atoms with Crippen molar-refractivity contribution in [3.05, 3.63) is 29.6 Å². The van der Waals surface area contributed by atoms with Gasteiger partial charge in [-0.2, -0.15) is 0 Å². The van der Waals surface area contributed by atoms with Crippen LogP contribution in [0.1, 0.15) is 31.2 Å². The largest absolute Gasteiger partial charge is 0.392 e. The van der Waals surface area contributed by atoms with Crippen LogP contribution in [0.5, 0.6) is 0 Å². The van der Waals surface area contributed by atoms with E-state index in [4.69, 9.17) is 5.11 Å². The van der Waals surface area contributed by atoms with Crippen molar-refractivity contribution in [3.8, 4) is 0 Å². The van der Waals surface area contributed by atoms with Crippen molar-refractivity contribution in [2.45, 2.75) is 37.2 Å². The standard InChI is InChI=1S/C13H18FNO3S/c14-12-6-5-11(9-16)13(8-12)19(17,18)15-7-1-2-10-3-4-10/h5-6,8,10,15-16H,1-4,7,9H2. The Morgan fingerprint density at radius 1 is 1.37 bits per heavy atom. The molecular formula is C13H18FNO3S. The molecule has 2 N–H and O–H groups in total. The Kier molecular flexibility index (Phi) is 4.54. The molecule has 1 aliphatic rings. The molecule has 0 spiro atoms. The number of benzene rings is 1. The molecule has 0 atom stereocenters. The summed E-state index contributed by atoms with van der Waals surface area (Å²) in [5, 5.41) is 9.11. The fourth-order valence-corrected chi connectivity index (χ4v) is 3.30. The minimum Gasteiger partial charge on any atom is -0.392 e. The molecule has 1 aromatic carbocycles. The fraction of sp³-hybridized carbons (Fsp3) is 0.538. The Morgan fingerprint density at radius 2 is 2.11 bits per heavy atom. The summed E-state index contributed by atoms with van der Waals surface area (Å²) in [6.07, 6.45) is 4.29. The van der Waals surface area contributed by atoms with E-state index in [1.807, 2.05) is 0 Å². The first-order chi connectivity index (χ1) is 9.03. The van der Waals surface area contributed by atoms with E-state index >= 15 is 0 Å². The average molecular weight is 287 g/mol.